The second kappa shape index (κ2) is 9.15. The molecule has 1 N–H and O–H groups in total. The van der Waals surface area contributed by atoms with Crippen molar-refractivity contribution in [1.82, 2.24) is 14.2 Å². The molecule has 1 aromatic heterocycles. The molecule has 2 aromatic rings. The normalized spacial score (nSPS) is 16.7. The van der Waals surface area contributed by atoms with Crippen LogP contribution in [0.2, 0.25) is 0 Å². The van der Waals surface area contributed by atoms with Gasteiger partial charge in [-0.25, -0.2) is 22.2 Å². The van der Waals surface area contributed by atoms with Crippen LogP contribution in [-0.2, 0) is 10.0 Å². The van der Waals surface area contributed by atoms with Crippen LogP contribution in [0.4, 0.5) is 14.6 Å². The maximum atomic E-state index is 14.3. The van der Waals surface area contributed by atoms with Gasteiger partial charge in [0.25, 0.3) is 0 Å². The topological polar surface area (TPSA) is 65.5 Å². The van der Waals surface area contributed by atoms with Crippen LogP contribution >= 0.6 is 0 Å². The van der Waals surface area contributed by atoms with E-state index in [1.54, 1.807) is 25.1 Å². The van der Waals surface area contributed by atoms with E-state index < -0.39 is 27.7 Å². The average Bonchev–Trinajstić information content (AvgIpc) is 2.70. The summed E-state index contributed by atoms with van der Waals surface area (Å²) in [6.45, 7) is 1.05. The van der Waals surface area contributed by atoms with Crippen LogP contribution in [-0.4, -0.2) is 56.3 Å². The number of sulfonamides is 1. The Hall–Kier alpha value is -2.10. The lowest BCUT2D eigenvalue weighted by atomic mass is 10.0. The quantitative estimate of drug-likeness (QED) is 0.739. The SMILES string of the molecule is CN(C)C(CNc1ncccc1S(=O)(=O)N1CCCCC1)c1c(F)cccc1F. The number of benzene rings is 1. The van der Waals surface area contributed by atoms with Gasteiger partial charge in [0.05, 0.1) is 6.04 Å². The predicted octanol–water partition coefficient (Wildman–Crippen LogP) is 3.25. The Bertz CT molecular complexity index is 927. The van der Waals surface area contributed by atoms with Crippen molar-refractivity contribution in [3.8, 4) is 0 Å². The number of likely N-dealkylation sites (N-methyl/N-ethyl adjacent to an activating group) is 1. The largest absolute Gasteiger partial charge is 0.367 e. The third-order valence-corrected chi connectivity index (χ3v) is 7.05. The Labute approximate surface area is 170 Å². The van der Waals surface area contributed by atoms with E-state index >= 15 is 0 Å². The van der Waals surface area contributed by atoms with E-state index in [0.717, 1.165) is 19.3 Å². The molecule has 0 radical (unpaired) electrons. The molecule has 0 bridgehead atoms. The van der Waals surface area contributed by atoms with Crippen molar-refractivity contribution in [2.24, 2.45) is 0 Å². The van der Waals surface area contributed by atoms with E-state index in [0.29, 0.717) is 13.1 Å². The average molecular weight is 425 g/mol. The van der Waals surface area contributed by atoms with Crippen LogP contribution in [0.1, 0.15) is 30.9 Å². The molecule has 3 rings (SSSR count). The molecule has 158 valence electrons. The lowest BCUT2D eigenvalue weighted by Crippen LogP contribution is -2.36. The Morgan fingerprint density at radius 1 is 1.10 bits per heavy atom. The first kappa shape index (κ1) is 21.6. The first-order valence-corrected chi connectivity index (χ1v) is 11.1. The number of nitrogens with zero attached hydrogens (tertiary/aromatic N) is 3. The van der Waals surface area contributed by atoms with E-state index in [2.05, 4.69) is 10.3 Å². The van der Waals surface area contributed by atoms with Crippen molar-refractivity contribution in [3.63, 3.8) is 0 Å². The molecular formula is C20H26F2N4O2S. The molecule has 1 atom stereocenters. The monoisotopic (exact) mass is 424 g/mol. The van der Waals surface area contributed by atoms with Crippen LogP contribution < -0.4 is 5.32 Å². The van der Waals surface area contributed by atoms with Gasteiger partial charge < -0.3 is 10.2 Å². The van der Waals surface area contributed by atoms with Crippen LogP contribution in [0, 0.1) is 11.6 Å². The van der Waals surface area contributed by atoms with E-state index in [4.69, 9.17) is 0 Å². The minimum Gasteiger partial charge on any atom is -0.367 e. The number of hydrogen-bond donors (Lipinski definition) is 1. The molecule has 1 saturated heterocycles. The van der Waals surface area contributed by atoms with Crippen molar-refractivity contribution < 1.29 is 17.2 Å². The van der Waals surface area contributed by atoms with Gasteiger partial charge in [-0.15, -0.1) is 0 Å². The zero-order chi connectivity index (χ0) is 21.0. The molecule has 2 heterocycles. The number of hydrogen-bond acceptors (Lipinski definition) is 5. The number of nitrogens with one attached hydrogen (secondary N) is 1. The molecule has 0 amide bonds. The number of piperidine rings is 1. The Balaban J connectivity index is 1.87. The summed E-state index contributed by atoms with van der Waals surface area (Å²) < 4.78 is 56.2. The maximum Gasteiger partial charge on any atom is 0.246 e. The molecule has 1 aromatic carbocycles. The minimum atomic E-state index is -3.70. The van der Waals surface area contributed by atoms with Gasteiger partial charge in [0.1, 0.15) is 22.3 Å². The van der Waals surface area contributed by atoms with Crippen LogP contribution in [0.15, 0.2) is 41.4 Å². The highest BCUT2D eigenvalue weighted by molar-refractivity contribution is 7.89. The van der Waals surface area contributed by atoms with Gasteiger partial charge >= 0.3 is 0 Å². The van der Waals surface area contributed by atoms with Crippen molar-refractivity contribution in [1.29, 1.82) is 0 Å². The van der Waals surface area contributed by atoms with Crippen molar-refractivity contribution in [2.75, 3.05) is 39.0 Å². The summed E-state index contributed by atoms with van der Waals surface area (Å²) in [5.41, 5.74) is -0.0682. The van der Waals surface area contributed by atoms with Gasteiger partial charge in [0.15, 0.2) is 0 Å². The summed E-state index contributed by atoms with van der Waals surface area (Å²) in [5, 5.41) is 3.00. The molecule has 0 aliphatic carbocycles. The number of rotatable bonds is 7. The Morgan fingerprint density at radius 2 is 1.76 bits per heavy atom. The molecule has 6 nitrogen and oxygen atoms in total. The zero-order valence-corrected chi connectivity index (χ0v) is 17.4. The number of aromatic nitrogens is 1. The van der Waals surface area contributed by atoms with Crippen molar-refractivity contribution >= 4 is 15.8 Å². The van der Waals surface area contributed by atoms with Gasteiger partial charge in [-0.2, -0.15) is 4.31 Å². The fourth-order valence-corrected chi connectivity index (χ4v) is 5.18. The summed E-state index contributed by atoms with van der Waals surface area (Å²) >= 11 is 0. The molecule has 1 aliphatic heterocycles. The Kier molecular flexibility index (Phi) is 6.81. The zero-order valence-electron chi connectivity index (χ0n) is 16.6. The molecule has 29 heavy (non-hydrogen) atoms. The lowest BCUT2D eigenvalue weighted by Gasteiger charge is -2.28. The molecule has 0 spiro atoms. The fourth-order valence-electron chi connectivity index (χ4n) is 3.54. The van der Waals surface area contributed by atoms with Gasteiger partial charge in [-0.1, -0.05) is 12.5 Å². The van der Waals surface area contributed by atoms with E-state index in [1.807, 2.05) is 0 Å². The highest BCUT2D eigenvalue weighted by Crippen LogP contribution is 2.28. The highest BCUT2D eigenvalue weighted by Gasteiger charge is 2.29. The van der Waals surface area contributed by atoms with Crippen LogP contribution in [0.25, 0.3) is 0 Å². The first-order valence-electron chi connectivity index (χ1n) is 9.61. The third-order valence-electron chi connectivity index (χ3n) is 5.12. The fraction of sp³-hybridized carbons (Fsp3) is 0.450. The second-order valence-corrected chi connectivity index (χ2v) is 9.22. The number of halogens is 2. The van der Waals surface area contributed by atoms with Gasteiger partial charge in [0.2, 0.25) is 10.0 Å². The third kappa shape index (κ3) is 4.73. The van der Waals surface area contributed by atoms with E-state index in [9.17, 15) is 17.2 Å². The smallest absolute Gasteiger partial charge is 0.246 e. The van der Waals surface area contributed by atoms with Gasteiger partial charge in [-0.05, 0) is 51.2 Å². The predicted molar refractivity (Wildman–Crippen MR) is 108 cm³/mol. The summed E-state index contributed by atoms with van der Waals surface area (Å²) in [6.07, 6.45) is 4.17. The number of anilines is 1. The lowest BCUT2D eigenvalue weighted by molar-refractivity contribution is 0.295. The molecular weight excluding hydrogens is 398 g/mol. The van der Waals surface area contributed by atoms with E-state index in [-0.39, 0.29) is 22.8 Å². The summed E-state index contributed by atoms with van der Waals surface area (Å²) in [6, 6.07) is 6.17. The van der Waals surface area contributed by atoms with E-state index in [1.165, 1.54) is 34.8 Å². The van der Waals surface area contributed by atoms with Gasteiger partial charge in [-0.3, -0.25) is 0 Å². The molecule has 1 aliphatic rings. The molecule has 9 heteroatoms. The second-order valence-electron chi connectivity index (χ2n) is 7.31. The minimum absolute atomic E-state index is 0.0682. The van der Waals surface area contributed by atoms with Crippen molar-refractivity contribution in [2.45, 2.75) is 30.2 Å². The van der Waals surface area contributed by atoms with Crippen LogP contribution in [0.5, 0.6) is 0 Å². The summed E-state index contributed by atoms with van der Waals surface area (Å²) in [5.74, 6) is -1.11. The first-order chi connectivity index (χ1) is 13.8. The Morgan fingerprint density at radius 3 is 2.38 bits per heavy atom. The molecule has 1 unspecified atom stereocenters. The summed E-state index contributed by atoms with van der Waals surface area (Å²) in [4.78, 5) is 5.94. The highest BCUT2D eigenvalue weighted by atomic mass is 32.2. The van der Waals surface area contributed by atoms with Crippen molar-refractivity contribution in [3.05, 3.63) is 53.7 Å². The van der Waals surface area contributed by atoms with Gasteiger partial charge in [0, 0.05) is 31.4 Å². The maximum absolute atomic E-state index is 14.3. The van der Waals surface area contributed by atoms with Crippen LogP contribution in [0.3, 0.4) is 0 Å². The molecule has 0 saturated carbocycles. The standard InChI is InChI=1S/C20H26F2N4O2S/c1-25(2)17(19-15(21)8-6-9-16(19)22)14-24-20-18(10-7-11-23-20)29(27,28)26-12-4-3-5-13-26/h6-11,17H,3-5,12-14H2,1-2H3,(H,23,24). The summed E-state index contributed by atoms with van der Waals surface area (Å²) in [7, 11) is -0.275. The molecule has 1 fully saturated rings. The number of pyridine rings is 1.